The molecule has 0 fully saturated rings. The van der Waals surface area contributed by atoms with Gasteiger partial charge >= 0.3 is 0 Å². The molecule has 0 radical (unpaired) electrons. The van der Waals surface area contributed by atoms with E-state index in [1.54, 1.807) is 7.05 Å². The standard InChI is InChI=1S/C6H16BNO2/c1-7-3-5(8-2)6(10)4-9/h5-10H,3-4H2,1-2H3. The van der Waals surface area contributed by atoms with Gasteiger partial charge in [0, 0.05) is 6.04 Å². The molecule has 2 unspecified atom stereocenters. The Morgan fingerprint density at radius 3 is 2.50 bits per heavy atom. The summed E-state index contributed by atoms with van der Waals surface area (Å²) >= 11 is 0. The van der Waals surface area contributed by atoms with Crippen LogP contribution in [0.5, 0.6) is 0 Å². The van der Waals surface area contributed by atoms with Crippen molar-refractivity contribution >= 4 is 7.28 Å². The van der Waals surface area contributed by atoms with Crippen LogP contribution in [-0.4, -0.2) is 43.3 Å². The molecule has 0 aromatic heterocycles. The minimum atomic E-state index is -0.620. The summed E-state index contributed by atoms with van der Waals surface area (Å²) in [5.41, 5.74) is 0. The molecule has 0 aromatic rings. The van der Waals surface area contributed by atoms with Crippen molar-refractivity contribution < 1.29 is 10.2 Å². The Kier molecular flexibility index (Phi) is 5.68. The lowest BCUT2D eigenvalue weighted by Gasteiger charge is -2.19. The molecule has 3 N–H and O–H groups in total. The van der Waals surface area contributed by atoms with Gasteiger partial charge < -0.3 is 15.5 Å². The van der Waals surface area contributed by atoms with Gasteiger partial charge in [-0.3, -0.25) is 0 Å². The summed E-state index contributed by atoms with van der Waals surface area (Å²) in [4.78, 5) is 0. The molecule has 0 saturated heterocycles. The number of nitrogens with one attached hydrogen (secondary N) is 1. The third kappa shape index (κ3) is 3.20. The molecule has 0 aliphatic heterocycles. The number of rotatable bonds is 5. The largest absolute Gasteiger partial charge is 0.394 e. The van der Waals surface area contributed by atoms with Crippen LogP contribution in [0.1, 0.15) is 0 Å². The smallest absolute Gasteiger partial charge is 0.119 e. The van der Waals surface area contributed by atoms with Gasteiger partial charge in [-0.1, -0.05) is 13.1 Å². The summed E-state index contributed by atoms with van der Waals surface area (Å²) in [6.07, 6.45) is 0.281. The lowest BCUT2D eigenvalue weighted by Crippen LogP contribution is -2.40. The molecule has 4 heteroatoms. The van der Waals surface area contributed by atoms with Crippen LogP contribution in [0.3, 0.4) is 0 Å². The van der Waals surface area contributed by atoms with Crippen molar-refractivity contribution in [1.29, 1.82) is 0 Å². The maximum atomic E-state index is 9.14. The van der Waals surface area contributed by atoms with Crippen LogP contribution in [0.2, 0.25) is 13.1 Å². The van der Waals surface area contributed by atoms with Gasteiger partial charge in [0.2, 0.25) is 0 Å². The van der Waals surface area contributed by atoms with E-state index < -0.39 is 6.10 Å². The average Bonchev–Trinajstić information content (AvgIpc) is 1.99. The summed E-state index contributed by atoms with van der Waals surface area (Å²) in [5.74, 6) is 0. The molecule has 0 spiro atoms. The Bertz CT molecular complexity index is 82.1. The van der Waals surface area contributed by atoms with Crippen molar-refractivity contribution in [3.8, 4) is 0 Å². The SMILES string of the molecule is CBCC(NC)C(O)CO. The Morgan fingerprint density at radius 2 is 2.20 bits per heavy atom. The Hall–Kier alpha value is -0.0551. The van der Waals surface area contributed by atoms with E-state index in [0.717, 1.165) is 13.6 Å². The zero-order valence-corrected chi connectivity index (χ0v) is 6.67. The zero-order chi connectivity index (χ0) is 7.98. The molecule has 2 atom stereocenters. The van der Waals surface area contributed by atoms with Crippen molar-refractivity contribution in [2.75, 3.05) is 13.7 Å². The van der Waals surface area contributed by atoms with Gasteiger partial charge in [-0.05, 0) is 7.05 Å². The van der Waals surface area contributed by atoms with Crippen LogP contribution in [0.4, 0.5) is 0 Å². The van der Waals surface area contributed by atoms with Crippen molar-refractivity contribution in [3.63, 3.8) is 0 Å². The van der Waals surface area contributed by atoms with Crippen LogP contribution in [0, 0.1) is 0 Å². The molecule has 0 saturated carbocycles. The van der Waals surface area contributed by atoms with Crippen molar-refractivity contribution in [3.05, 3.63) is 0 Å². The average molecular weight is 145 g/mol. The van der Waals surface area contributed by atoms with Gasteiger partial charge in [0.25, 0.3) is 0 Å². The molecular formula is C6H16BNO2. The molecular weight excluding hydrogens is 129 g/mol. The minimum Gasteiger partial charge on any atom is -0.394 e. The highest BCUT2D eigenvalue weighted by Crippen LogP contribution is 1.97. The maximum Gasteiger partial charge on any atom is 0.119 e. The fraction of sp³-hybridized carbons (Fsp3) is 1.00. The van der Waals surface area contributed by atoms with E-state index in [4.69, 9.17) is 10.2 Å². The predicted molar refractivity (Wildman–Crippen MR) is 43.8 cm³/mol. The predicted octanol–water partition coefficient (Wildman–Crippen LogP) is -1.17. The second-order valence-electron chi connectivity index (χ2n) is 2.43. The van der Waals surface area contributed by atoms with Crippen molar-refractivity contribution in [2.24, 2.45) is 0 Å². The van der Waals surface area contributed by atoms with Gasteiger partial charge in [0.15, 0.2) is 0 Å². The van der Waals surface area contributed by atoms with Crippen molar-refractivity contribution in [2.45, 2.75) is 25.3 Å². The maximum absolute atomic E-state index is 9.14. The summed E-state index contributed by atoms with van der Waals surface area (Å²) in [6.45, 7) is 1.89. The Balaban J connectivity index is 3.56. The molecule has 60 valence electrons. The molecule has 0 aliphatic carbocycles. The number of aliphatic hydroxyl groups is 2. The highest BCUT2D eigenvalue weighted by Gasteiger charge is 2.14. The van der Waals surface area contributed by atoms with Crippen LogP contribution < -0.4 is 5.32 Å². The Morgan fingerprint density at radius 1 is 1.60 bits per heavy atom. The quantitative estimate of drug-likeness (QED) is 0.427. The third-order valence-electron chi connectivity index (χ3n) is 1.62. The molecule has 0 amide bonds. The topological polar surface area (TPSA) is 52.5 Å². The second-order valence-corrected chi connectivity index (χ2v) is 2.43. The van der Waals surface area contributed by atoms with E-state index in [9.17, 15) is 0 Å². The van der Waals surface area contributed by atoms with E-state index in [2.05, 4.69) is 12.1 Å². The van der Waals surface area contributed by atoms with Gasteiger partial charge in [-0.25, -0.2) is 0 Å². The van der Waals surface area contributed by atoms with Crippen LogP contribution in [-0.2, 0) is 0 Å². The number of aliphatic hydroxyl groups excluding tert-OH is 2. The summed E-state index contributed by atoms with van der Waals surface area (Å²) in [7, 11) is 2.81. The Labute approximate surface area is 62.7 Å². The molecule has 0 aromatic carbocycles. The lowest BCUT2D eigenvalue weighted by atomic mass is 9.74. The molecule has 0 rings (SSSR count). The fourth-order valence-electron chi connectivity index (χ4n) is 0.967. The zero-order valence-electron chi connectivity index (χ0n) is 6.67. The highest BCUT2D eigenvalue weighted by molar-refractivity contribution is 6.33. The van der Waals surface area contributed by atoms with E-state index in [1.807, 2.05) is 0 Å². The van der Waals surface area contributed by atoms with Crippen LogP contribution in [0.15, 0.2) is 0 Å². The number of likely N-dealkylation sites (N-methyl/N-ethyl adjacent to an activating group) is 1. The monoisotopic (exact) mass is 145 g/mol. The van der Waals surface area contributed by atoms with E-state index >= 15 is 0 Å². The molecule has 0 bridgehead atoms. The number of hydrogen-bond acceptors (Lipinski definition) is 3. The molecule has 0 heterocycles. The van der Waals surface area contributed by atoms with Crippen LogP contribution in [0.25, 0.3) is 0 Å². The first kappa shape index (κ1) is 9.94. The van der Waals surface area contributed by atoms with E-state index in [0.29, 0.717) is 0 Å². The normalized spacial score (nSPS) is 16.4. The van der Waals surface area contributed by atoms with Gasteiger partial charge in [0.1, 0.15) is 7.28 Å². The first-order chi connectivity index (χ1) is 4.76. The minimum absolute atomic E-state index is 0.0370. The van der Waals surface area contributed by atoms with E-state index in [-0.39, 0.29) is 12.6 Å². The molecule has 3 nitrogen and oxygen atoms in total. The molecule has 0 aliphatic rings. The fourth-order valence-corrected chi connectivity index (χ4v) is 0.967. The highest BCUT2D eigenvalue weighted by atomic mass is 16.3. The van der Waals surface area contributed by atoms with E-state index in [1.165, 1.54) is 0 Å². The van der Waals surface area contributed by atoms with Gasteiger partial charge in [-0.15, -0.1) is 0 Å². The summed E-state index contributed by atoms with van der Waals surface area (Å²) < 4.78 is 0. The summed E-state index contributed by atoms with van der Waals surface area (Å²) in [6, 6.07) is 0.0370. The molecule has 10 heavy (non-hydrogen) atoms. The first-order valence-electron chi connectivity index (χ1n) is 3.72. The van der Waals surface area contributed by atoms with Gasteiger partial charge in [-0.2, -0.15) is 0 Å². The first-order valence-corrected chi connectivity index (χ1v) is 3.72. The van der Waals surface area contributed by atoms with Gasteiger partial charge in [0.05, 0.1) is 12.7 Å². The lowest BCUT2D eigenvalue weighted by molar-refractivity contribution is 0.0704. The number of hydrogen-bond donors (Lipinski definition) is 3. The third-order valence-corrected chi connectivity index (χ3v) is 1.62. The van der Waals surface area contributed by atoms with Crippen molar-refractivity contribution in [1.82, 2.24) is 5.32 Å². The summed E-state index contributed by atoms with van der Waals surface area (Å²) in [5, 5.41) is 20.7. The van der Waals surface area contributed by atoms with Crippen LogP contribution >= 0.6 is 0 Å². The second kappa shape index (κ2) is 5.71.